The van der Waals surface area contributed by atoms with Gasteiger partial charge in [0.15, 0.2) is 0 Å². The number of aromatic nitrogens is 2. The molecule has 1 aromatic carbocycles. The van der Waals surface area contributed by atoms with Crippen molar-refractivity contribution >= 4 is 33.5 Å². The van der Waals surface area contributed by atoms with E-state index in [-0.39, 0.29) is 5.69 Å². The van der Waals surface area contributed by atoms with Crippen LogP contribution in [0.15, 0.2) is 28.9 Å². The van der Waals surface area contributed by atoms with E-state index in [2.05, 4.69) is 20.9 Å². The summed E-state index contributed by atoms with van der Waals surface area (Å²) in [6.45, 7) is 2.15. The van der Waals surface area contributed by atoms with Gasteiger partial charge in [-0.2, -0.15) is 0 Å². The van der Waals surface area contributed by atoms with Crippen molar-refractivity contribution in [3.8, 4) is 0 Å². The third-order valence-corrected chi connectivity index (χ3v) is 3.46. The molecule has 6 heteroatoms. The summed E-state index contributed by atoms with van der Waals surface area (Å²) in [5, 5.41) is 9.66. The molecule has 4 nitrogen and oxygen atoms in total. The lowest BCUT2D eigenvalue weighted by Gasteiger charge is -2.09. The summed E-state index contributed by atoms with van der Waals surface area (Å²) in [4.78, 5) is 15.1. The van der Waals surface area contributed by atoms with E-state index in [0.29, 0.717) is 17.4 Å². The second-order valence-electron chi connectivity index (χ2n) is 3.82. The van der Waals surface area contributed by atoms with Crippen molar-refractivity contribution in [2.75, 3.05) is 0 Å². The summed E-state index contributed by atoms with van der Waals surface area (Å²) in [5.74, 6) is -0.352. The highest BCUT2D eigenvalue weighted by atomic mass is 79.9. The number of carbonyl (C=O) groups is 1. The Bertz CT molecular complexity index is 610. The van der Waals surface area contributed by atoms with E-state index in [1.54, 1.807) is 17.6 Å². The fourth-order valence-corrected chi connectivity index (χ4v) is 2.39. The Morgan fingerprint density at radius 1 is 1.56 bits per heavy atom. The lowest BCUT2D eigenvalue weighted by molar-refractivity contribution is 0.0685. The predicted octanol–water partition coefficient (Wildman–Crippen LogP) is 3.35. The molecule has 0 saturated carbocycles. The molecule has 1 N–H and O–H groups in total. The first-order valence-electron chi connectivity index (χ1n) is 5.18. The lowest BCUT2D eigenvalue weighted by Crippen LogP contribution is -2.11. The minimum absolute atomic E-state index is 0.159. The number of nitrogens with zero attached hydrogens (tertiary/aromatic N) is 2. The van der Waals surface area contributed by atoms with Crippen LogP contribution in [0.4, 0.5) is 0 Å². The number of rotatable bonds is 3. The van der Waals surface area contributed by atoms with Crippen LogP contribution in [0.2, 0.25) is 5.02 Å². The van der Waals surface area contributed by atoms with Gasteiger partial charge in [0.2, 0.25) is 0 Å². The Kier molecular flexibility index (Phi) is 3.73. The molecule has 0 atom stereocenters. The van der Waals surface area contributed by atoms with E-state index in [1.807, 2.05) is 12.1 Å². The minimum atomic E-state index is -0.996. The third kappa shape index (κ3) is 2.57. The van der Waals surface area contributed by atoms with E-state index >= 15 is 0 Å². The molecule has 1 aromatic heterocycles. The molecule has 0 unspecified atom stereocenters. The largest absolute Gasteiger partial charge is 0.477 e. The summed E-state index contributed by atoms with van der Waals surface area (Å²) in [5.41, 5.74) is 1.01. The molecule has 0 amide bonds. The maximum Gasteiger partial charge on any atom is 0.354 e. The topological polar surface area (TPSA) is 55.1 Å². The SMILES string of the molecule is Cc1ncc(C(=O)O)n1Cc1ccc(Br)cc1Cl. The normalized spacial score (nSPS) is 10.6. The molecule has 18 heavy (non-hydrogen) atoms. The molecule has 0 aliphatic carbocycles. The highest BCUT2D eigenvalue weighted by Crippen LogP contribution is 2.23. The van der Waals surface area contributed by atoms with Gasteiger partial charge in [0.1, 0.15) is 11.5 Å². The zero-order chi connectivity index (χ0) is 13.3. The third-order valence-electron chi connectivity index (χ3n) is 2.62. The molecule has 94 valence electrons. The van der Waals surface area contributed by atoms with Gasteiger partial charge in [-0.25, -0.2) is 9.78 Å². The monoisotopic (exact) mass is 328 g/mol. The Balaban J connectivity index is 2.39. The number of benzene rings is 1. The number of hydrogen-bond acceptors (Lipinski definition) is 2. The van der Waals surface area contributed by atoms with Crippen LogP contribution < -0.4 is 0 Å². The van der Waals surface area contributed by atoms with Gasteiger partial charge in [-0.15, -0.1) is 0 Å². The standard InChI is InChI=1S/C12H10BrClN2O2/c1-7-15-5-11(12(17)18)16(7)6-8-2-3-9(13)4-10(8)14/h2-5H,6H2,1H3,(H,17,18). The van der Waals surface area contributed by atoms with Crippen LogP contribution in [0.25, 0.3) is 0 Å². The van der Waals surface area contributed by atoms with Gasteiger partial charge >= 0.3 is 5.97 Å². The van der Waals surface area contributed by atoms with Crippen LogP contribution in [0, 0.1) is 6.92 Å². The van der Waals surface area contributed by atoms with Gasteiger partial charge in [0, 0.05) is 9.50 Å². The van der Waals surface area contributed by atoms with Gasteiger partial charge in [-0.05, 0) is 24.6 Å². The van der Waals surface area contributed by atoms with Crippen LogP contribution in [0.1, 0.15) is 21.9 Å². The number of carboxylic acid groups (broad SMARTS) is 1. The Labute approximate surface area is 117 Å². The highest BCUT2D eigenvalue weighted by molar-refractivity contribution is 9.10. The molecular formula is C12H10BrClN2O2. The molecule has 0 radical (unpaired) electrons. The smallest absolute Gasteiger partial charge is 0.354 e. The minimum Gasteiger partial charge on any atom is -0.477 e. The molecule has 0 saturated heterocycles. The van der Waals surface area contributed by atoms with Crippen LogP contribution in [0.5, 0.6) is 0 Å². The molecule has 1 heterocycles. The van der Waals surface area contributed by atoms with Gasteiger partial charge < -0.3 is 9.67 Å². The number of aromatic carboxylic acids is 1. The fourth-order valence-electron chi connectivity index (χ4n) is 1.66. The number of aryl methyl sites for hydroxylation is 1. The van der Waals surface area contributed by atoms with E-state index in [1.165, 1.54) is 6.20 Å². The molecule has 2 rings (SSSR count). The van der Waals surface area contributed by atoms with Crippen molar-refractivity contribution in [3.63, 3.8) is 0 Å². The summed E-state index contributed by atoms with van der Waals surface area (Å²) in [6, 6.07) is 5.51. The molecular weight excluding hydrogens is 320 g/mol. The number of imidazole rings is 1. The second-order valence-corrected chi connectivity index (χ2v) is 5.14. The predicted molar refractivity (Wildman–Crippen MR) is 72.2 cm³/mol. The zero-order valence-corrected chi connectivity index (χ0v) is 11.9. The Morgan fingerprint density at radius 2 is 2.28 bits per heavy atom. The van der Waals surface area contributed by atoms with E-state index in [0.717, 1.165) is 10.0 Å². The first-order valence-corrected chi connectivity index (χ1v) is 6.35. The fraction of sp³-hybridized carbons (Fsp3) is 0.167. The summed E-state index contributed by atoms with van der Waals surface area (Å²) in [6.07, 6.45) is 1.35. The van der Waals surface area contributed by atoms with Crippen molar-refractivity contribution < 1.29 is 9.90 Å². The Hall–Kier alpha value is -1.33. The van der Waals surface area contributed by atoms with Crippen LogP contribution in [0.3, 0.4) is 0 Å². The first kappa shape index (κ1) is 13.1. The second kappa shape index (κ2) is 5.12. The Morgan fingerprint density at radius 3 is 2.89 bits per heavy atom. The average molecular weight is 330 g/mol. The van der Waals surface area contributed by atoms with Crippen molar-refractivity contribution in [2.24, 2.45) is 0 Å². The molecule has 2 aromatic rings. The quantitative estimate of drug-likeness (QED) is 0.939. The number of carboxylic acids is 1. The molecule has 0 fully saturated rings. The van der Waals surface area contributed by atoms with Gasteiger partial charge in [-0.1, -0.05) is 33.6 Å². The van der Waals surface area contributed by atoms with Gasteiger partial charge in [0.05, 0.1) is 12.7 Å². The van der Waals surface area contributed by atoms with Gasteiger partial charge in [-0.3, -0.25) is 0 Å². The summed E-state index contributed by atoms with van der Waals surface area (Å²) >= 11 is 9.45. The van der Waals surface area contributed by atoms with E-state index in [4.69, 9.17) is 16.7 Å². The molecule has 0 spiro atoms. The average Bonchev–Trinajstić information content (AvgIpc) is 2.64. The maximum absolute atomic E-state index is 11.1. The molecule has 0 aliphatic heterocycles. The van der Waals surface area contributed by atoms with E-state index < -0.39 is 5.97 Å². The maximum atomic E-state index is 11.1. The van der Waals surface area contributed by atoms with Crippen molar-refractivity contribution in [3.05, 3.63) is 51.0 Å². The summed E-state index contributed by atoms with van der Waals surface area (Å²) < 4.78 is 2.51. The number of hydrogen-bond donors (Lipinski definition) is 1. The van der Waals surface area contributed by atoms with Gasteiger partial charge in [0.25, 0.3) is 0 Å². The zero-order valence-electron chi connectivity index (χ0n) is 9.52. The summed E-state index contributed by atoms with van der Waals surface area (Å²) in [7, 11) is 0. The first-order chi connectivity index (χ1) is 8.49. The van der Waals surface area contributed by atoms with Crippen LogP contribution in [-0.2, 0) is 6.54 Å². The number of halogens is 2. The highest BCUT2D eigenvalue weighted by Gasteiger charge is 2.14. The van der Waals surface area contributed by atoms with Crippen LogP contribution in [-0.4, -0.2) is 20.6 Å². The lowest BCUT2D eigenvalue weighted by atomic mass is 10.2. The van der Waals surface area contributed by atoms with Crippen LogP contribution >= 0.6 is 27.5 Å². The van der Waals surface area contributed by atoms with Crippen molar-refractivity contribution in [2.45, 2.75) is 13.5 Å². The van der Waals surface area contributed by atoms with Crippen molar-refractivity contribution in [1.82, 2.24) is 9.55 Å². The molecule has 0 aliphatic rings. The molecule has 0 bridgehead atoms. The van der Waals surface area contributed by atoms with Crippen molar-refractivity contribution in [1.29, 1.82) is 0 Å². The van der Waals surface area contributed by atoms with E-state index in [9.17, 15) is 4.79 Å².